The Bertz CT molecular complexity index is 429. The van der Waals surface area contributed by atoms with Crippen LogP contribution in [0.4, 0.5) is 8.78 Å². The number of carbonyl (C=O) groups is 1. The molecule has 5 nitrogen and oxygen atoms in total. The van der Waals surface area contributed by atoms with Crippen molar-refractivity contribution in [3.05, 3.63) is 11.9 Å². The third kappa shape index (κ3) is 3.63. The van der Waals surface area contributed by atoms with Crippen molar-refractivity contribution >= 4 is 17.6 Å². The number of ether oxygens (including phenoxy) is 1. The number of alkyl halides is 3. The summed E-state index contributed by atoms with van der Waals surface area (Å²) in [7, 11) is 0. The molecule has 0 bridgehead atoms. The highest BCUT2D eigenvalue weighted by Gasteiger charge is 2.41. The molecule has 18 heavy (non-hydrogen) atoms. The molecule has 1 heterocycles. The zero-order chi connectivity index (χ0) is 14.0. The van der Waals surface area contributed by atoms with Crippen LogP contribution < -0.4 is 0 Å². The third-order valence-corrected chi connectivity index (χ3v) is 2.28. The average molecular weight is 282 g/mol. The van der Waals surface area contributed by atoms with Crippen LogP contribution in [0.3, 0.4) is 0 Å². The van der Waals surface area contributed by atoms with Crippen LogP contribution >= 0.6 is 11.6 Å². The Morgan fingerprint density at radius 1 is 1.56 bits per heavy atom. The summed E-state index contributed by atoms with van der Waals surface area (Å²) in [5, 5.41) is 7.18. The van der Waals surface area contributed by atoms with Gasteiger partial charge in [0.05, 0.1) is 17.7 Å². The Balaban J connectivity index is 2.79. The first-order valence-electron chi connectivity index (χ1n) is 5.31. The molecule has 1 aromatic rings. The van der Waals surface area contributed by atoms with Crippen LogP contribution in [0.5, 0.6) is 0 Å². The molecule has 0 fully saturated rings. The zero-order valence-electron chi connectivity index (χ0n) is 10.3. The lowest BCUT2D eigenvalue weighted by Crippen LogP contribution is -2.35. The van der Waals surface area contributed by atoms with Gasteiger partial charge in [0.2, 0.25) is 0 Å². The van der Waals surface area contributed by atoms with E-state index >= 15 is 0 Å². The van der Waals surface area contributed by atoms with Crippen LogP contribution in [0.1, 0.15) is 26.5 Å². The van der Waals surface area contributed by atoms with Gasteiger partial charge in [-0.2, -0.15) is 8.78 Å². The van der Waals surface area contributed by atoms with Crippen molar-refractivity contribution in [3.63, 3.8) is 0 Å². The molecule has 0 saturated heterocycles. The topological polar surface area (TPSA) is 57.0 Å². The number of hydrogen-bond donors (Lipinski definition) is 0. The Morgan fingerprint density at radius 2 is 2.17 bits per heavy atom. The number of rotatable bonds is 5. The summed E-state index contributed by atoms with van der Waals surface area (Å²) < 4.78 is 31.9. The van der Waals surface area contributed by atoms with Crippen LogP contribution in [0, 0.1) is 0 Å². The molecule has 0 spiro atoms. The van der Waals surface area contributed by atoms with E-state index in [1.807, 2.05) is 0 Å². The fourth-order valence-electron chi connectivity index (χ4n) is 1.15. The van der Waals surface area contributed by atoms with Crippen LogP contribution in [0.25, 0.3) is 0 Å². The van der Waals surface area contributed by atoms with Crippen molar-refractivity contribution in [3.8, 4) is 0 Å². The normalized spacial score (nSPS) is 12.6. The van der Waals surface area contributed by atoms with Crippen LogP contribution in [0.15, 0.2) is 6.20 Å². The first-order chi connectivity index (χ1) is 8.16. The molecule has 0 radical (unpaired) electrons. The quantitative estimate of drug-likeness (QED) is 0.611. The molecule has 0 saturated carbocycles. The maximum absolute atomic E-state index is 13.4. The average Bonchev–Trinajstić information content (AvgIpc) is 2.65. The molecule has 0 aliphatic carbocycles. The van der Waals surface area contributed by atoms with E-state index in [4.69, 9.17) is 11.6 Å². The van der Waals surface area contributed by atoms with Gasteiger partial charge in [0.15, 0.2) is 0 Å². The van der Waals surface area contributed by atoms with Crippen molar-refractivity contribution in [2.75, 3.05) is 6.61 Å². The van der Waals surface area contributed by atoms with E-state index in [0.717, 1.165) is 4.68 Å². The number of aromatic nitrogens is 3. The van der Waals surface area contributed by atoms with Crippen molar-refractivity contribution in [1.29, 1.82) is 0 Å². The molecule has 0 aliphatic rings. The number of halogens is 3. The monoisotopic (exact) mass is 281 g/mol. The maximum atomic E-state index is 13.4. The minimum atomic E-state index is -3.64. The molecular formula is C10H14ClF2N3O2. The predicted molar refractivity (Wildman–Crippen MR) is 60.5 cm³/mol. The van der Waals surface area contributed by atoms with Crippen LogP contribution in [-0.2, 0) is 21.0 Å². The summed E-state index contributed by atoms with van der Waals surface area (Å²) in [6, 6.07) is 0. The van der Waals surface area contributed by atoms with E-state index in [-0.39, 0.29) is 6.61 Å². The summed E-state index contributed by atoms with van der Waals surface area (Å²) in [5.74, 6) is -5.22. The highest BCUT2D eigenvalue weighted by atomic mass is 35.5. The molecule has 0 aromatic carbocycles. The number of hydrogen-bond acceptors (Lipinski definition) is 4. The number of nitrogens with zero attached hydrogens (tertiary/aromatic N) is 3. The van der Waals surface area contributed by atoms with Gasteiger partial charge in [-0.05, 0) is 20.8 Å². The van der Waals surface area contributed by atoms with Crippen molar-refractivity contribution in [2.24, 2.45) is 0 Å². The molecule has 8 heteroatoms. The molecule has 102 valence electrons. The van der Waals surface area contributed by atoms with Gasteiger partial charge in [0.25, 0.3) is 0 Å². The first kappa shape index (κ1) is 14.8. The smallest absolute Gasteiger partial charge is 0.379 e. The van der Waals surface area contributed by atoms with Gasteiger partial charge in [-0.1, -0.05) is 5.21 Å². The van der Waals surface area contributed by atoms with Crippen molar-refractivity contribution < 1.29 is 18.3 Å². The molecule has 0 aliphatic heterocycles. The second-order valence-electron chi connectivity index (χ2n) is 4.20. The van der Waals surface area contributed by atoms with E-state index < -0.39 is 23.3 Å². The van der Waals surface area contributed by atoms with E-state index in [2.05, 4.69) is 15.0 Å². The largest absolute Gasteiger partial charge is 0.462 e. The second-order valence-corrected chi connectivity index (χ2v) is 5.14. The highest BCUT2D eigenvalue weighted by molar-refractivity contribution is 6.23. The van der Waals surface area contributed by atoms with Gasteiger partial charge < -0.3 is 4.74 Å². The number of esters is 1. The van der Waals surface area contributed by atoms with Crippen LogP contribution in [0.2, 0.25) is 0 Å². The zero-order valence-corrected chi connectivity index (χ0v) is 11.0. The Hall–Kier alpha value is -1.24. The third-order valence-electron chi connectivity index (χ3n) is 2.08. The van der Waals surface area contributed by atoms with Gasteiger partial charge in [-0.3, -0.25) is 0 Å². The molecule has 0 unspecified atom stereocenters. The lowest BCUT2D eigenvalue weighted by Gasteiger charge is -2.14. The van der Waals surface area contributed by atoms with E-state index in [1.54, 1.807) is 13.8 Å². The Labute approximate surface area is 108 Å². The summed E-state index contributed by atoms with van der Waals surface area (Å²) in [5.41, 5.74) is 0.351. The van der Waals surface area contributed by atoms with E-state index in [0.29, 0.717) is 5.69 Å². The van der Waals surface area contributed by atoms with Crippen LogP contribution in [-0.4, -0.2) is 33.5 Å². The van der Waals surface area contributed by atoms with E-state index in [9.17, 15) is 13.6 Å². The van der Waals surface area contributed by atoms with Gasteiger partial charge in [0.1, 0.15) is 12.2 Å². The SMILES string of the molecule is CCOC(=O)C(F)(F)Cn1cc(C(C)(C)Cl)nn1. The summed E-state index contributed by atoms with van der Waals surface area (Å²) in [4.78, 5) is 10.2. The fourth-order valence-corrected chi connectivity index (χ4v) is 1.24. The molecule has 0 atom stereocenters. The fraction of sp³-hybridized carbons (Fsp3) is 0.700. The van der Waals surface area contributed by atoms with E-state index in [1.165, 1.54) is 13.1 Å². The lowest BCUT2D eigenvalue weighted by molar-refractivity contribution is -0.173. The predicted octanol–water partition coefficient (Wildman–Crippen LogP) is 1.95. The standard InChI is InChI=1S/C10H14ClF2N3O2/c1-4-18-8(17)10(12,13)6-16-5-7(14-15-16)9(2,3)11/h5H,4,6H2,1-3H3. The molecule has 0 N–H and O–H groups in total. The van der Waals surface area contributed by atoms with Crippen molar-refractivity contribution in [1.82, 2.24) is 15.0 Å². The van der Waals surface area contributed by atoms with Crippen molar-refractivity contribution in [2.45, 2.75) is 38.1 Å². The summed E-state index contributed by atoms with van der Waals surface area (Å²) in [6.45, 7) is 3.74. The molecule has 1 aromatic heterocycles. The highest BCUT2D eigenvalue weighted by Crippen LogP contribution is 2.26. The first-order valence-corrected chi connectivity index (χ1v) is 5.69. The van der Waals surface area contributed by atoms with Gasteiger partial charge >= 0.3 is 11.9 Å². The van der Waals surface area contributed by atoms with Gasteiger partial charge in [-0.15, -0.1) is 16.7 Å². The Morgan fingerprint density at radius 3 is 2.61 bits per heavy atom. The van der Waals surface area contributed by atoms with Gasteiger partial charge in [0, 0.05) is 0 Å². The summed E-state index contributed by atoms with van der Waals surface area (Å²) >= 11 is 5.96. The summed E-state index contributed by atoms with van der Waals surface area (Å²) in [6.07, 6.45) is 1.28. The Kier molecular flexibility index (Phi) is 4.26. The minimum Gasteiger partial charge on any atom is -0.462 e. The lowest BCUT2D eigenvalue weighted by atomic mass is 10.1. The number of carbonyl (C=O) groups excluding carboxylic acids is 1. The second kappa shape index (κ2) is 5.17. The molecule has 0 amide bonds. The minimum absolute atomic E-state index is 0.105. The molecule has 1 rings (SSSR count). The van der Waals surface area contributed by atoms with Gasteiger partial charge in [-0.25, -0.2) is 9.48 Å². The molecular weight excluding hydrogens is 268 g/mol. The maximum Gasteiger partial charge on any atom is 0.379 e.